The Morgan fingerprint density at radius 2 is 2.07 bits per heavy atom. The molecule has 1 heterocycles. The highest BCUT2D eigenvalue weighted by Crippen LogP contribution is 2.28. The van der Waals surface area contributed by atoms with Gasteiger partial charge in [-0.3, -0.25) is 0 Å². The molecule has 0 saturated carbocycles. The van der Waals surface area contributed by atoms with Crippen LogP contribution in [0.3, 0.4) is 0 Å². The maximum atomic E-state index is 13.2. The van der Waals surface area contributed by atoms with Crippen molar-refractivity contribution in [3.63, 3.8) is 0 Å². The van der Waals surface area contributed by atoms with Gasteiger partial charge in [0.1, 0.15) is 5.82 Å². The molecule has 3 heteroatoms. The molecule has 0 amide bonds. The number of halogens is 1. The third-order valence-electron chi connectivity index (χ3n) is 2.16. The summed E-state index contributed by atoms with van der Waals surface area (Å²) in [6, 6.07) is 6.67. The molecule has 0 aliphatic carbocycles. The Balaban J connectivity index is 2.48. The minimum Gasteiger partial charge on any atom is -0.392 e. The van der Waals surface area contributed by atoms with Crippen molar-refractivity contribution in [2.24, 2.45) is 0 Å². The second-order valence-electron chi connectivity index (χ2n) is 3.49. The number of aliphatic hydroxyl groups is 1. The van der Waals surface area contributed by atoms with Gasteiger partial charge in [-0.2, -0.15) is 0 Å². The van der Waals surface area contributed by atoms with Gasteiger partial charge >= 0.3 is 0 Å². The Hall–Kier alpha value is -1.19. The number of aliphatic hydroxyl groups excluding tert-OH is 1. The molecule has 0 spiro atoms. The molecule has 1 nitrogen and oxygen atoms in total. The molecule has 0 saturated heterocycles. The lowest BCUT2D eigenvalue weighted by atomic mass is 10.1. The highest BCUT2D eigenvalue weighted by molar-refractivity contribution is 7.13. The Labute approximate surface area is 91.8 Å². The summed E-state index contributed by atoms with van der Waals surface area (Å²) >= 11 is 1.58. The fourth-order valence-electron chi connectivity index (χ4n) is 1.47. The van der Waals surface area contributed by atoms with Gasteiger partial charge in [0.2, 0.25) is 0 Å². The number of hydrogen-bond acceptors (Lipinski definition) is 2. The van der Waals surface area contributed by atoms with Gasteiger partial charge in [-0.1, -0.05) is 0 Å². The first-order valence-electron chi connectivity index (χ1n) is 4.65. The average Bonchev–Trinajstić information content (AvgIpc) is 2.64. The second kappa shape index (κ2) is 4.13. The average molecular weight is 222 g/mol. The van der Waals surface area contributed by atoms with Gasteiger partial charge in [-0.05, 0) is 53.3 Å². The van der Waals surface area contributed by atoms with E-state index in [2.05, 4.69) is 0 Å². The number of aryl methyl sites for hydroxylation is 1. The van der Waals surface area contributed by atoms with Crippen molar-refractivity contribution in [1.82, 2.24) is 0 Å². The molecular weight excluding hydrogens is 211 g/mol. The SMILES string of the molecule is Cc1csc(-c2cc(F)cc(CO)c2)c1. The van der Waals surface area contributed by atoms with Crippen LogP contribution in [0, 0.1) is 12.7 Å². The van der Waals surface area contributed by atoms with Crippen molar-refractivity contribution in [3.05, 3.63) is 46.6 Å². The lowest BCUT2D eigenvalue weighted by Gasteiger charge is -2.01. The fourth-order valence-corrected chi connectivity index (χ4v) is 2.36. The van der Waals surface area contributed by atoms with Gasteiger partial charge in [0.05, 0.1) is 6.61 Å². The molecule has 78 valence electrons. The molecule has 2 aromatic rings. The number of hydrogen-bond donors (Lipinski definition) is 1. The van der Waals surface area contributed by atoms with Crippen LogP contribution in [-0.2, 0) is 6.61 Å². The standard InChI is InChI=1S/C12H11FOS/c1-8-2-12(15-7-8)10-3-9(6-14)4-11(13)5-10/h2-5,7,14H,6H2,1H3. The highest BCUT2D eigenvalue weighted by Gasteiger charge is 2.04. The van der Waals surface area contributed by atoms with Crippen LogP contribution >= 0.6 is 11.3 Å². The Bertz CT molecular complexity index is 476. The van der Waals surface area contributed by atoms with Gasteiger partial charge in [-0.25, -0.2) is 4.39 Å². The predicted octanol–water partition coefficient (Wildman–Crippen LogP) is 3.35. The lowest BCUT2D eigenvalue weighted by Crippen LogP contribution is -1.86. The van der Waals surface area contributed by atoms with Crippen LogP contribution in [0.1, 0.15) is 11.1 Å². The summed E-state index contributed by atoms with van der Waals surface area (Å²) in [5, 5.41) is 11.0. The van der Waals surface area contributed by atoms with E-state index in [0.717, 1.165) is 10.4 Å². The van der Waals surface area contributed by atoms with Gasteiger partial charge in [0, 0.05) is 4.88 Å². The van der Waals surface area contributed by atoms with E-state index in [4.69, 9.17) is 5.11 Å². The summed E-state index contributed by atoms with van der Waals surface area (Å²) in [6.07, 6.45) is 0. The second-order valence-corrected chi connectivity index (χ2v) is 4.41. The number of thiophene rings is 1. The van der Waals surface area contributed by atoms with E-state index < -0.39 is 0 Å². The van der Waals surface area contributed by atoms with Gasteiger partial charge in [0.15, 0.2) is 0 Å². The monoisotopic (exact) mass is 222 g/mol. The maximum absolute atomic E-state index is 13.2. The molecular formula is C12H11FOS. The Kier molecular flexibility index (Phi) is 2.84. The van der Waals surface area contributed by atoms with E-state index in [1.54, 1.807) is 11.3 Å². The van der Waals surface area contributed by atoms with E-state index in [0.29, 0.717) is 5.56 Å². The molecule has 15 heavy (non-hydrogen) atoms. The van der Waals surface area contributed by atoms with Crippen molar-refractivity contribution < 1.29 is 9.50 Å². The molecule has 0 radical (unpaired) electrons. The zero-order chi connectivity index (χ0) is 10.8. The van der Waals surface area contributed by atoms with E-state index in [9.17, 15) is 4.39 Å². The van der Waals surface area contributed by atoms with Crippen LogP contribution in [0.2, 0.25) is 0 Å². The van der Waals surface area contributed by atoms with Crippen LogP contribution in [0.4, 0.5) is 4.39 Å². The summed E-state index contributed by atoms with van der Waals surface area (Å²) in [7, 11) is 0. The molecule has 1 aromatic heterocycles. The van der Waals surface area contributed by atoms with Crippen molar-refractivity contribution >= 4 is 11.3 Å². The predicted molar refractivity (Wildman–Crippen MR) is 60.4 cm³/mol. The normalized spacial score (nSPS) is 10.6. The third kappa shape index (κ3) is 2.25. The summed E-state index contributed by atoms with van der Waals surface area (Å²) in [5.41, 5.74) is 2.61. The summed E-state index contributed by atoms with van der Waals surface area (Å²) < 4.78 is 13.2. The van der Waals surface area contributed by atoms with Gasteiger partial charge in [-0.15, -0.1) is 11.3 Å². The van der Waals surface area contributed by atoms with E-state index >= 15 is 0 Å². The molecule has 1 aromatic carbocycles. The van der Waals surface area contributed by atoms with Gasteiger partial charge in [0.25, 0.3) is 0 Å². The quantitative estimate of drug-likeness (QED) is 0.826. The first kappa shape index (κ1) is 10.3. The minimum absolute atomic E-state index is 0.130. The molecule has 0 aliphatic rings. The molecule has 0 atom stereocenters. The van der Waals surface area contributed by atoms with Crippen LogP contribution in [0.25, 0.3) is 10.4 Å². The largest absolute Gasteiger partial charge is 0.392 e. The molecule has 2 rings (SSSR count). The minimum atomic E-state index is -0.303. The molecule has 0 bridgehead atoms. The Morgan fingerprint density at radius 3 is 2.67 bits per heavy atom. The Morgan fingerprint density at radius 1 is 1.27 bits per heavy atom. The van der Waals surface area contributed by atoms with Crippen LogP contribution in [-0.4, -0.2) is 5.11 Å². The molecule has 0 aliphatic heterocycles. The van der Waals surface area contributed by atoms with E-state index in [-0.39, 0.29) is 12.4 Å². The highest BCUT2D eigenvalue weighted by atomic mass is 32.1. The first-order chi connectivity index (χ1) is 7.19. The fraction of sp³-hybridized carbons (Fsp3) is 0.167. The number of benzene rings is 1. The van der Waals surface area contributed by atoms with Crippen molar-refractivity contribution in [2.75, 3.05) is 0 Å². The van der Waals surface area contributed by atoms with E-state index in [1.165, 1.54) is 17.7 Å². The first-order valence-corrected chi connectivity index (χ1v) is 5.53. The summed E-state index contributed by atoms with van der Waals surface area (Å²) in [6.45, 7) is 1.88. The van der Waals surface area contributed by atoms with Crippen molar-refractivity contribution in [1.29, 1.82) is 0 Å². The summed E-state index contributed by atoms with van der Waals surface area (Å²) in [4.78, 5) is 1.03. The lowest BCUT2D eigenvalue weighted by molar-refractivity contribution is 0.281. The molecule has 0 unspecified atom stereocenters. The van der Waals surface area contributed by atoms with E-state index in [1.807, 2.05) is 24.4 Å². The molecule has 1 N–H and O–H groups in total. The zero-order valence-electron chi connectivity index (χ0n) is 8.33. The molecule has 0 fully saturated rings. The van der Waals surface area contributed by atoms with Crippen LogP contribution in [0.15, 0.2) is 29.6 Å². The topological polar surface area (TPSA) is 20.2 Å². The number of rotatable bonds is 2. The smallest absolute Gasteiger partial charge is 0.124 e. The van der Waals surface area contributed by atoms with Crippen molar-refractivity contribution in [2.45, 2.75) is 13.5 Å². The van der Waals surface area contributed by atoms with Crippen molar-refractivity contribution in [3.8, 4) is 10.4 Å². The summed E-state index contributed by atoms with van der Waals surface area (Å²) in [5.74, 6) is -0.303. The van der Waals surface area contributed by atoms with Gasteiger partial charge < -0.3 is 5.11 Å². The van der Waals surface area contributed by atoms with Crippen LogP contribution < -0.4 is 0 Å². The zero-order valence-corrected chi connectivity index (χ0v) is 9.14. The third-order valence-corrected chi connectivity index (χ3v) is 3.25. The maximum Gasteiger partial charge on any atom is 0.124 e. The van der Waals surface area contributed by atoms with Crippen LogP contribution in [0.5, 0.6) is 0 Å².